The summed E-state index contributed by atoms with van der Waals surface area (Å²) in [7, 11) is 1.42. The molecule has 1 amide bonds. The fourth-order valence-electron chi connectivity index (χ4n) is 3.20. The van der Waals surface area contributed by atoms with Crippen LogP contribution in [-0.4, -0.2) is 55.7 Å². The Morgan fingerprint density at radius 3 is 2.68 bits per heavy atom. The molecule has 0 bridgehead atoms. The molecule has 150 valence electrons. The van der Waals surface area contributed by atoms with Gasteiger partial charge in [-0.1, -0.05) is 0 Å². The van der Waals surface area contributed by atoms with Crippen LogP contribution in [-0.2, 0) is 4.74 Å². The smallest absolute Gasteiger partial charge is 0.270 e. The second-order valence-corrected chi connectivity index (χ2v) is 6.46. The number of morpholine rings is 1. The highest BCUT2D eigenvalue weighted by Crippen LogP contribution is 2.26. The van der Waals surface area contributed by atoms with Gasteiger partial charge >= 0.3 is 0 Å². The summed E-state index contributed by atoms with van der Waals surface area (Å²) in [5, 5.41) is 13.9. The Balaban J connectivity index is 1.78. The minimum atomic E-state index is -0.543. The van der Waals surface area contributed by atoms with Crippen molar-refractivity contribution in [1.29, 1.82) is 0 Å². The van der Waals surface area contributed by atoms with E-state index in [9.17, 15) is 14.9 Å². The number of non-ortho nitro benzene ring substituents is 1. The van der Waals surface area contributed by atoms with Crippen LogP contribution in [0, 0.1) is 17.0 Å². The molecule has 1 saturated heterocycles. The van der Waals surface area contributed by atoms with Crippen LogP contribution in [0.3, 0.4) is 0 Å². The second-order valence-electron chi connectivity index (χ2n) is 6.46. The minimum absolute atomic E-state index is 0.119. The van der Waals surface area contributed by atoms with Crippen LogP contribution in [0.5, 0.6) is 5.75 Å². The summed E-state index contributed by atoms with van der Waals surface area (Å²) in [4.78, 5) is 25.4. The minimum Gasteiger partial charge on any atom is -0.496 e. The highest BCUT2D eigenvalue weighted by molar-refractivity contribution is 5.97. The molecular formula is C19H23N3O6. The number of nitro groups is 1. The van der Waals surface area contributed by atoms with Gasteiger partial charge in [0.15, 0.2) is 0 Å². The molecule has 0 saturated carbocycles. The number of nitro benzene ring substituents is 1. The summed E-state index contributed by atoms with van der Waals surface area (Å²) in [5.74, 6) is 1.38. The number of rotatable bonds is 7. The van der Waals surface area contributed by atoms with Gasteiger partial charge in [-0.05, 0) is 25.1 Å². The molecule has 2 heterocycles. The zero-order valence-corrected chi connectivity index (χ0v) is 15.8. The molecule has 1 aromatic heterocycles. The zero-order chi connectivity index (χ0) is 20.1. The van der Waals surface area contributed by atoms with Gasteiger partial charge in [-0.25, -0.2) is 0 Å². The van der Waals surface area contributed by atoms with Crippen molar-refractivity contribution in [2.75, 3.05) is 40.0 Å². The van der Waals surface area contributed by atoms with Gasteiger partial charge in [0, 0.05) is 31.8 Å². The molecule has 1 fully saturated rings. The van der Waals surface area contributed by atoms with E-state index in [-0.39, 0.29) is 29.6 Å². The fourth-order valence-corrected chi connectivity index (χ4v) is 3.20. The van der Waals surface area contributed by atoms with Gasteiger partial charge in [0.1, 0.15) is 17.3 Å². The number of nitrogens with one attached hydrogen (secondary N) is 1. The van der Waals surface area contributed by atoms with E-state index in [1.54, 1.807) is 0 Å². The summed E-state index contributed by atoms with van der Waals surface area (Å²) >= 11 is 0. The number of furan rings is 1. The van der Waals surface area contributed by atoms with Crippen molar-refractivity contribution in [3.63, 3.8) is 0 Å². The van der Waals surface area contributed by atoms with Crippen molar-refractivity contribution < 1.29 is 23.6 Å². The topological polar surface area (TPSA) is 107 Å². The molecule has 1 aliphatic heterocycles. The van der Waals surface area contributed by atoms with Gasteiger partial charge in [0.2, 0.25) is 0 Å². The summed E-state index contributed by atoms with van der Waals surface area (Å²) < 4.78 is 16.4. The Morgan fingerprint density at radius 1 is 1.32 bits per heavy atom. The molecular weight excluding hydrogens is 366 g/mol. The van der Waals surface area contributed by atoms with Gasteiger partial charge in [-0.15, -0.1) is 0 Å². The first kappa shape index (κ1) is 19.8. The number of nitrogens with zero attached hydrogens (tertiary/aromatic N) is 2. The number of methoxy groups -OCH3 is 1. The molecule has 1 aliphatic rings. The molecule has 2 aromatic rings. The summed E-state index contributed by atoms with van der Waals surface area (Å²) in [6.45, 7) is 4.83. The maximum absolute atomic E-state index is 12.7. The normalized spacial score (nSPS) is 15.8. The largest absolute Gasteiger partial charge is 0.496 e. The molecule has 9 nitrogen and oxygen atoms in total. The quantitative estimate of drug-likeness (QED) is 0.572. The van der Waals surface area contributed by atoms with Crippen LogP contribution >= 0.6 is 0 Å². The first-order chi connectivity index (χ1) is 13.5. The molecule has 1 N–H and O–H groups in total. The Kier molecular flexibility index (Phi) is 6.27. The van der Waals surface area contributed by atoms with Gasteiger partial charge in [0.05, 0.1) is 36.9 Å². The summed E-state index contributed by atoms with van der Waals surface area (Å²) in [6.07, 6.45) is 0. The van der Waals surface area contributed by atoms with Crippen LogP contribution in [0.25, 0.3) is 0 Å². The van der Waals surface area contributed by atoms with Gasteiger partial charge in [-0.3, -0.25) is 19.8 Å². The molecule has 0 radical (unpaired) electrons. The van der Waals surface area contributed by atoms with Crippen LogP contribution in [0.4, 0.5) is 5.69 Å². The first-order valence-electron chi connectivity index (χ1n) is 8.98. The van der Waals surface area contributed by atoms with E-state index >= 15 is 0 Å². The lowest BCUT2D eigenvalue weighted by Gasteiger charge is -2.33. The predicted molar refractivity (Wildman–Crippen MR) is 101 cm³/mol. The average molecular weight is 389 g/mol. The standard InChI is InChI=1S/C19H23N3O6/c1-13-3-5-18(28-13)16(21-7-9-27-10-8-21)12-20-19(23)15-11-14(22(24)25)4-6-17(15)26-2/h3-6,11,16H,7-10,12H2,1-2H3,(H,20,23)/t16-/m0/s1. The maximum Gasteiger partial charge on any atom is 0.270 e. The molecule has 0 aliphatic carbocycles. The maximum atomic E-state index is 12.7. The van der Waals surface area contributed by atoms with E-state index in [1.807, 2.05) is 19.1 Å². The second kappa shape index (κ2) is 8.85. The van der Waals surface area contributed by atoms with Crippen molar-refractivity contribution in [3.05, 3.63) is 57.5 Å². The third kappa shape index (κ3) is 4.49. The summed E-state index contributed by atoms with van der Waals surface area (Å²) in [6, 6.07) is 7.56. The van der Waals surface area contributed by atoms with E-state index in [4.69, 9.17) is 13.9 Å². The molecule has 28 heavy (non-hydrogen) atoms. The number of carbonyl (C=O) groups excluding carboxylic acids is 1. The van der Waals surface area contributed by atoms with Crippen LogP contribution < -0.4 is 10.1 Å². The third-order valence-electron chi connectivity index (χ3n) is 4.67. The Morgan fingerprint density at radius 2 is 2.07 bits per heavy atom. The van der Waals surface area contributed by atoms with Gasteiger partial charge in [0.25, 0.3) is 11.6 Å². The summed E-state index contributed by atoms with van der Waals surface area (Å²) in [5.41, 5.74) is -0.0506. The van der Waals surface area contributed by atoms with Gasteiger partial charge in [-0.2, -0.15) is 0 Å². The van der Waals surface area contributed by atoms with Crippen molar-refractivity contribution in [1.82, 2.24) is 10.2 Å². The van der Waals surface area contributed by atoms with Crippen LogP contribution in [0.2, 0.25) is 0 Å². The highest BCUT2D eigenvalue weighted by Gasteiger charge is 2.26. The lowest BCUT2D eigenvalue weighted by Crippen LogP contribution is -2.43. The number of carbonyl (C=O) groups is 1. The monoisotopic (exact) mass is 389 g/mol. The van der Waals surface area contributed by atoms with Gasteiger partial charge < -0.3 is 19.2 Å². The number of amides is 1. The Labute approximate surface area is 162 Å². The number of aryl methyl sites for hydroxylation is 1. The predicted octanol–water partition coefficient (Wildman–Crippen LogP) is 2.31. The lowest BCUT2D eigenvalue weighted by atomic mass is 10.1. The average Bonchev–Trinajstić information content (AvgIpc) is 3.14. The van der Waals surface area contributed by atoms with Crippen LogP contribution in [0.1, 0.15) is 27.9 Å². The molecule has 0 unspecified atom stereocenters. The number of hydrogen-bond donors (Lipinski definition) is 1. The lowest BCUT2D eigenvalue weighted by molar-refractivity contribution is -0.384. The van der Waals surface area contributed by atoms with E-state index in [0.717, 1.165) is 24.6 Å². The van der Waals surface area contributed by atoms with Crippen molar-refractivity contribution in [2.45, 2.75) is 13.0 Å². The first-order valence-corrected chi connectivity index (χ1v) is 8.98. The molecule has 1 atom stereocenters. The van der Waals surface area contributed by atoms with E-state index in [1.165, 1.54) is 25.3 Å². The number of ether oxygens (including phenoxy) is 2. The Hall–Kier alpha value is -2.91. The van der Waals surface area contributed by atoms with Crippen molar-refractivity contribution >= 4 is 11.6 Å². The van der Waals surface area contributed by atoms with Crippen molar-refractivity contribution in [2.24, 2.45) is 0 Å². The van der Waals surface area contributed by atoms with Crippen molar-refractivity contribution in [3.8, 4) is 5.75 Å². The zero-order valence-electron chi connectivity index (χ0n) is 15.8. The van der Waals surface area contributed by atoms with E-state index in [0.29, 0.717) is 13.2 Å². The highest BCUT2D eigenvalue weighted by atomic mass is 16.6. The fraction of sp³-hybridized carbons (Fsp3) is 0.421. The van der Waals surface area contributed by atoms with Crippen LogP contribution in [0.15, 0.2) is 34.7 Å². The SMILES string of the molecule is COc1ccc([N+](=O)[O-])cc1C(=O)NC[C@@H](c1ccc(C)o1)N1CCOCC1. The number of benzene rings is 1. The Bertz CT molecular complexity index is 844. The third-order valence-corrected chi connectivity index (χ3v) is 4.67. The molecule has 0 spiro atoms. The molecule has 9 heteroatoms. The molecule has 3 rings (SSSR count). The molecule has 1 aromatic carbocycles. The van der Waals surface area contributed by atoms with E-state index < -0.39 is 10.8 Å². The van der Waals surface area contributed by atoms with E-state index in [2.05, 4.69) is 10.2 Å². The number of hydrogen-bond acceptors (Lipinski definition) is 7.